The second-order valence-corrected chi connectivity index (χ2v) is 7.21. The van der Waals surface area contributed by atoms with Gasteiger partial charge in [-0.25, -0.2) is 0 Å². The molecule has 1 N–H and O–H groups in total. The minimum absolute atomic E-state index is 0.203. The lowest BCUT2D eigenvalue weighted by atomic mass is 9.87. The smallest absolute Gasteiger partial charge is 0.0309 e. The van der Waals surface area contributed by atoms with Gasteiger partial charge >= 0.3 is 0 Å². The topological polar surface area (TPSA) is 15.3 Å². The molecule has 2 rings (SSSR count). The second-order valence-electron chi connectivity index (χ2n) is 6.29. The Bertz CT molecular complexity index is 425. The van der Waals surface area contributed by atoms with E-state index in [0.29, 0.717) is 6.04 Å². The monoisotopic (exact) mass is 338 g/mol. The molecule has 112 valence electrons. The van der Waals surface area contributed by atoms with Crippen molar-refractivity contribution in [1.29, 1.82) is 0 Å². The van der Waals surface area contributed by atoms with Crippen LogP contribution in [-0.2, 0) is 6.42 Å². The van der Waals surface area contributed by atoms with Crippen LogP contribution in [0.5, 0.6) is 0 Å². The first-order valence-corrected chi connectivity index (χ1v) is 8.56. The van der Waals surface area contributed by atoms with E-state index in [-0.39, 0.29) is 5.54 Å². The third-order valence-electron chi connectivity index (χ3n) is 4.55. The maximum atomic E-state index is 3.71. The van der Waals surface area contributed by atoms with Gasteiger partial charge in [-0.2, -0.15) is 0 Å². The number of rotatable bonds is 6. The summed E-state index contributed by atoms with van der Waals surface area (Å²) in [5.74, 6) is 0. The van der Waals surface area contributed by atoms with E-state index in [1.54, 1.807) is 0 Å². The summed E-state index contributed by atoms with van der Waals surface area (Å²) < 4.78 is 1.17. The fraction of sp³-hybridized carbons (Fsp3) is 0.647. The van der Waals surface area contributed by atoms with Gasteiger partial charge in [-0.15, -0.1) is 0 Å². The van der Waals surface area contributed by atoms with Crippen molar-refractivity contribution in [3.63, 3.8) is 0 Å². The van der Waals surface area contributed by atoms with Crippen LogP contribution < -0.4 is 5.32 Å². The van der Waals surface area contributed by atoms with Crippen LogP contribution in [0.4, 0.5) is 0 Å². The standard InChI is InChI=1S/C17H27BrN2/c1-4-19-16(13-14-8-7-9-15(18)12-14)17(2,3)20-10-5-6-11-20/h7-9,12,16,19H,4-6,10-11,13H2,1-3H3. The molecule has 1 unspecified atom stereocenters. The summed E-state index contributed by atoms with van der Waals surface area (Å²) in [5, 5.41) is 3.71. The van der Waals surface area contributed by atoms with Crippen LogP contribution in [0.3, 0.4) is 0 Å². The van der Waals surface area contributed by atoms with Gasteiger partial charge in [0.25, 0.3) is 0 Å². The SMILES string of the molecule is CCNC(Cc1cccc(Br)c1)C(C)(C)N1CCCC1. The van der Waals surface area contributed by atoms with Gasteiger partial charge in [0.15, 0.2) is 0 Å². The molecule has 0 radical (unpaired) electrons. The van der Waals surface area contributed by atoms with Crippen LogP contribution in [-0.4, -0.2) is 36.1 Å². The molecule has 20 heavy (non-hydrogen) atoms. The van der Waals surface area contributed by atoms with Gasteiger partial charge in [0.2, 0.25) is 0 Å². The fourth-order valence-electron chi connectivity index (χ4n) is 3.23. The third-order valence-corrected chi connectivity index (χ3v) is 5.05. The highest BCUT2D eigenvalue weighted by molar-refractivity contribution is 9.10. The Labute approximate surface area is 132 Å². The van der Waals surface area contributed by atoms with Crippen molar-refractivity contribution in [2.24, 2.45) is 0 Å². The molecule has 0 spiro atoms. The first-order valence-electron chi connectivity index (χ1n) is 7.77. The van der Waals surface area contributed by atoms with E-state index >= 15 is 0 Å². The zero-order chi connectivity index (χ0) is 14.6. The summed E-state index contributed by atoms with van der Waals surface area (Å²) in [6.07, 6.45) is 3.77. The van der Waals surface area contributed by atoms with Gasteiger partial charge in [0.1, 0.15) is 0 Å². The van der Waals surface area contributed by atoms with E-state index in [2.05, 4.69) is 71.2 Å². The number of nitrogens with one attached hydrogen (secondary N) is 1. The minimum atomic E-state index is 0.203. The van der Waals surface area contributed by atoms with Crippen LogP contribution in [0.2, 0.25) is 0 Å². The Hall–Kier alpha value is -0.380. The summed E-state index contributed by atoms with van der Waals surface area (Å²) >= 11 is 3.58. The highest BCUT2D eigenvalue weighted by Crippen LogP contribution is 2.27. The third kappa shape index (κ3) is 3.84. The predicted octanol–water partition coefficient (Wildman–Crippen LogP) is 3.84. The lowest BCUT2D eigenvalue weighted by molar-refractivity contribution is 0.107. The zero-order valence-corrected chi connectivity index (χ0v) is 14.5. The van der Waals surface area contributed by atoms with Gasteiger partial charge in [0, 0.05) is 16.1 Å². The van der Waals surface area contributed by atoms with E-state index in [1.165, 1.54) is 36.0 Å². The van der Waals surface area contributed by atoms with Gasteiger partial charge in [-0.3, -0.25) is 4.90 Å². The number of likely N-dealkylation sites (N-methyl/N-ethyl adjacent to an activating group) is 1. The Balaban J connectivity index is 2.13. The molecule has 1 aromatic rings. The summed E-state index contributed by atoms with van der Waals surface area (Å²) in [7, 11) is 0. The van der Waals surface area contributed by atoms with E-state index in [1.807, 2.05) is 0 Å². The van der Waals surface area contributed by atoms with E-state index < -0.39 is 0 Å². The van der Waals surface area contributed by atoms with Crippen LogP contribution >= 0.6 is 15.9 Å². The zero-order valence-electron chi connectivity index (χ0n) is 13.0. The van der Waals surface area contributed by atoms with Crippen LogP contribution in [0, 0.1) is 0 Å². The first kappa shape index (κ1) is 16.0. The molecule has 0 aromatic heterocycles. The van der Waals surface area contributed by atoms with Crippen LogP contribution in [0.1, 0.15) is 39.2 Å². The Morgan fingerprint density at radius 3 is 2.60 bits per heavy atom. The van der Waals surface area contributed by atoms with Crippen molar-refractivity contribution in [3.8, 4) is 0 Å². The summed E-state index contributed by atoms with van der Waals surface area (Å²) in [4.78, 5) is 2.65. The largest absolute Gasteiger partial charge is 0.312 e. The van der Waals surface area contributed by atoms with Gasteiger partial charge < -0.3 is 5.32 Å². The highest BCUT2D eigenvalue weighted by Gasteiger charge is 2.36. The first-order chi connectivity index (χ1) is 9.54. The van der Waals surface area contributed by atoms with Crippen molar-refractivity contribution in [3.05, 3.63) is 34.3 Å². The second kappa shape index (κ2) is 7.06. The van der Waals surface area contributed by atoms with E-state index in [0.717, 1.165) is 13.0 Å². The molecule has 0 aliphatic carbocycles. The minimum Gasteiger partial charge on any atom is -0.312 e. The average molecular weight is 339 g/mol. The van der Waals surface area contributed by atoms with Crippen LogP contribution in [0.15, 0.2) is 28.7 Å². The molecular formula is C17H27BrN2. The number of halogens is 1. The molecule has 1 aliphatic rings. The maximum absolute atomic E-state index is 3.71. The lowest BCUT2D eigenvalue weighted by Gasteiger charge is -2.42. The van der Waals surface area contributed by atoms with Crippen molar-refractivity contribution in [2.45, 2.75) is 51.6 Å². The summed E-state index contributed by atoms with van der Waals surface area (Å²) in [6, 6.07) is 9.18. The molecule has 1 heterocycles. The maximum Gasteiger partial charge on any atom is 0.0309 e. The quantitative estimate of drug-likeness (QED) is 0.847. The fourth-order valence-corrected chi connectivity index (χ4v) is 3.68. The Morgan fingerprint density at radius 1 is 1.30 bits per heavy atom. The Kier molecular flexibility index (Phi) is 5.65. The summed E-state index contributed by atoms with van der Waals surface area (Å²) in [5.41, 5.74) is 1.60. The van der Waals surface area contributed by atoms with E-state index in [9.17, 15) is 0 Å². The summed E-state index contributed by atoms with van der Waals surface area (Å²) in [6.45, 7) is 10.5. The molecule has 1 aliphatic heterocycles. The number of benzene rings is 1. The van der Waals surface area contributed by atoms with Gasteiger partial charge in [-0.1, -0.05) is 35.0 Å². The van der Waals surface area contributed by atoms with Crippen molar-refractivity contribution >= 4 is 15.9 Å². The number of nitrogens with zero attached hydrogens (tertiary/aromatic N) is 1. The van der Waals surface area contributed by atoms with E-state index in [4.69, 9.17) is 0 Å². The van der Waals surface area contributed by atoms with Crippen molar-refractivity contribution in [1.82, 2.24) is 10.2 Å². The highest BCUT2D eigenvalue weighted by atomic mass is 79.9. The normalized spacial score (nSPS) is 18.4. The molecule has 1 atom stereocenters. The molecule has 1 fully saturated rings. The molecule has 1 saturated heterocycles. The van der Waals surface area contributed by atoms with Crippen molar-refractivity contribution < 1.29 is 0 Å². The molecule has 1 aromatic carbocycles. The Morgan fingerprint density at radius 2 is 2.00 bits per heavy atom. The molecule has 0 amide bonds. The molecule has 0 bridgehead atoms. The van der Waals surface area contributed by atoms with Crippen molar-refractivity contribution in [2.75, 3.05) is 19.6 Å². The molecule has 0 saturated carbocycles. The molecule has 3 heteroatoms. The predicted molar refractivity (Wildman–Crippen MR) is 90.2 cm³/mol. The number of hydrogen-bond donors (Lipinski definition) is 1. The number of likely N-dealkylation sites (tertiary alicyclic amines) is 1. The molecular weight excluding hydrogens is 312 g/mol. The van der Waals surface area contributed by atoms with Crippen LogP contribution in [0.25, 0.3) is 0 Å². The average Bonchev–Trinajstić information content (AvgIpc) is 2.93. The van der Waals surface area contributed by atoms with Gasteiger partial charge in [-0.05, 0) is 70.4 Å². The lowest BCUT2D eigenvalue weighted by Crippen LogP contribution is -2.57. The number of hydrogen-bond acceptors (Lipinski definition) is 2. The molecule has 2 nitrogen and oxygen atoms in total. The van der Waals surface area contributed by atoms with Gasteiger partial charge in [0.05, 0.1) is 0 Å².